The Morgan fingerprint density at radius 3 is 2.93 bits per heavy atom. The van der Waals surface area contributed by atoms with Gasteiger partial charge in [0.2, 0.25) is 18.6 Å². The minimum absolute atomic E-state index is 0.196. The molecule has 1 aliphatic rings. The Kier molecular flexibility index (Phi) is 5.34. The van der Waals surface area contributed by atoms with E-state index in [9.17, 15) is 9.59 Å². The molecular formula is C21H21N5O4. The number of carbonyl (C=O) groups excluding carboxylic acids is 1. The number of hydrogen-bond acceptors (Lipinski definition) is 6. The lowest BCUT2D eigenvalue weighted by atomic mass is 10.2. The monoisotopic (exact) mass is 407 g/mol. The molecule has 0 saturated heterocycles. The van der Waals surface area contributed by atoms with Crippen LogP contribution in [0, 0.1) is 6.92 Å². The molecule has 0 unspecified atom stereocenters. The van der Waals surface area contributed by atoms with Gasteiger partial charge >= 0.3 is 0 Å². The van der Waals surface area contributed by atoms with Crippen LogP contribution in [0.3, 0.4) is 0 Å². The van der Waals surface area contributed by atoms with Crippen molar-refractivity contribution in [2.75, 3.05) is 12.1 Å². The molecule has 1 aliphatic heterocycles. The molecule has 0 fully saturated rings. The molecule has 0 radical (unpaired) electrons. The zero-order valence-corrected chi connectivity index (χ0v) is 16.6. The molecule has 0 aliphatic carbocycles. The van der Waals surface area contributed by atoms with Crippen LogP contribution in [0.4, 0.5) is 5.82 Å². The summed E-state index contributed by atoms with van der Waals surface area (Å²) >= 11 is 0. The molecule has 1 aromatic carbocycles. The largest absolute Gasteiger partial charge is 0.454 e. The van der Waals surface area contributed by atoms with Crippen molar-refractivity contribution in [1.29, 1.82) is 0 Å². The van der Waals surface area contributed by atoms with Crippen molar-refractivity contribution in [3.05, 3.63) is 63.7 Å². The Hall–Kier alpha value is -3.88. The van der Waals surface area contributed by atoms with Crippen molar-refractivity contribution in [1.82, 2.24) is 19.7 Å². The van der Waals surface area contributed by atoms with Gasteiger partial charge in [0.15, 0.2) is 11.5 Å². The number of aromatic amines is 1. The average Bonchev–Trinajstić information content (AvgIpc) is 3.32. The van der Waals surface area contributed by atoms with E-state index < -0.39 is 0 Å². The second-order valence-corrected chi connectivity index (χ2v) is 6.83. The van der Waals surface area contributed by atoms with E-state index >= 15 is 0 Å². The number of aryl methyl sites for hydroxylation is 2. The Morgan fingerprint density at radius 2 is 2.10 bits per heavy atom. The maximum absolute atomic E-state index is 12.5. The molecule has 4 rings (SSSR count). The van der Waals surface area contributed by atoms with Gasteiger partial charge in [-0.05, 0) is 37.1 Å². The number of nitrogens with zero attached hydrogens (tertiary/aromatic N) is 3. The number of hydrogen-bond donors (Lipinski definition) is 2. The first-order valence-electron chi connectivity index (χ1n) is 9.58. The quantitative estimate of drug-likeness (QED) is 0.608. The van der Waals surface area contributed by atoms with E-state index in [4.69, 9.17) is 9.47 Å². The number of aromatic nitrogens is 4. The molecule has 2 aromatic heterocycles. The first-order valence-corrected chi connectivity index (χ1v) is 9.58. The molecule has 154 valence electrons. The highest BCUT2D eigenvalue weighted by molar-refractivity contribution is 6.01. The zero-order valence-electron chi connectivity index (χ0n) is 16.6. The van der Waals surface area contributed by atoms with Gasteiger partial charge in [0.05, 0.1) is 5.69 Å². The molecule has 3 heterocycles. The smallest absolute Gasteiger partial charge is 0.252 e. The molecule has 0 bridgehead atoms. The van der Waals surface area contributed by atoms with Crippen molar-refractivity contribution in [3.63, 3.8) is 0 Å². The summed E-state index contributed by atoms with van der Waals surface area (Å²) in [5.41, 5.74) is 1.88. The normalized spacial score (nSPS) is 12.5. The van der Waals surface area contributed by atoms with Crippen molar-refractivity contribution in [2.45, 2.75) is 26.7 Å². The summed E-state index contributed by atoms with van der Waals surface area (Å²) in [6.45, 7) is 4.00. The highest BCUT2D eigenvalue weighted by Gasteiger charge is 2.14. The van der Waals surface area contributed by atoms with E-state index in [2.05, 4.69) is 20.4 Å². The average molecular weight is 407 g/mol. The van der Waals surface area contributed by atoms with Crippen LogP contribution in [0.1, 0.15) is 30.3 Å². The SMILES string of the molecule is CCCc1cc(=O)[nH]c(-n2nc(C)cc2NC(=O)C=Cc2ccc3c(c2)OCO3)n1. The fraction of sp³-hybridized carbons (Fsp3) is 0.238. The summed E-state index contributed by atoms with van der Waals surface area (Å²) in [5.74, 6) is 1.65. The third-order valence-corrected chi connectivity index (χ3v) is 4.40. The Bertz CT molecular complexity index is 1180. The fourth-order valence-corrected chi connectivity index (χ4v) is 3.08. The number of nitrogens with one attached hydrogen (secondary N) is 2. The maximum Gasteiger partial charge on any atom is 0.252 e. The second kappa shape index (κ2) is 8.24. The summed E-state index contributed by atoms with van der Waals surface area (Å²) in [6.07, 6.45) is 4.63. The second-order valence-electron chi connectivity index (χ2n) is 6.83. The maximum atomic E-state index is 12.5. The van der Waals surface area contributed by atoms with Crippen LogP contribution >= 0.6 is 0 Å². The van der Waals surface area contributed by atoms with Crippen LogP contribution < -0.4 is 20.3 Å². The van der Waals surface area contributed by atoms with Gasteiger partial charge in [-0.2, -0.15) is 9.78 Å². The van der Waals surface area contributed by atoms with Gasteiger partial charge < -0.3 is 14.8 Å². The van der Waals surface area contributed by atoms with Gasteiger partial charge in [-0.15, -0.1) is 0 Å². The van der Waals surface area contributed by atoms with E-state index in [-0.39, 0.29) is 24.2 Å². The van der Waals surface area contributed by atoms with E-state index in [0.29, 0.717) is 35.1 Å². The third kappa shape index (κ3) is 4.24. The minimum Gasteiger partial charge on any atom is -0.454 e. The summed E-state index contributed by atoms with van der Waals surface area (Å²) in [6, 6.07) is 8.60. The topological polar surface area (TPSA) is 111 Å². The lowest BCUT2D eigenvalue weighted by Crippen LogP contribution is -2.18. The van der Waals surface area contributed by atoms with Gasteiger partial charge in [0.1, 0.15) is 5.82 Å². The van der Waals surface area contributed by atoms with E-state index in [1.54, 1.807) is 31.2 Å². The highest BCUT2D eigenvalue weighted by Crippen LogP contribution is 2.32. The van der Waals surface area contributed by atoms with Gasteiger partial charge in [-0.1, -0.05) is 19.4 Å². The van der Waals surface area contributed by atoms with Crippen LogP contribution in [0.15, 0.2) is 41.2 Å². The van der Waals surface area contributed by atoms with Crippen molar-refractivity contribution >= 4 is 17.8 Å². The number of ether oxygens (including phenoxy) is 2. The Labute approximate surface area is 172 Å². The number of fused-ring (bicyclic) bond motifs is 1. The Morgan fingerprint density at radius 1 is 1.27 bits per heavy atom. The summed E-state index contributed by atoms with van der Waals surface area (Å²) in [7, 11) is 0. The highest BCUT2D eigenvalue weighted by atomic mass is 16.7. The van der Waals surface area contributed by atoms with Crippen LogP contribution in [-0.2, 0) is 11.2 Å². The van der Waals surface area contributed by atoms with E-state index in [1.807, 2.05) is 13.0 Å². The van der Waals surface area contributed by atoms with Crippen molar-refractivity contribution < 1.29 is 14.3 Å². The molecule has 1 amide bonds. The van der Waals surface area contributed by atoms with Crippen molar-refractivity contribution in [3.8, 4) is 17.4 Å². The number of carbonyl (C=O) groups is 1. The lowest BCUT2D eigenvalue weighted by molar-refractivity contribution is -0.111. The zero-order chi connectivity index (χ0) is 21.1. The molecule has 3 aromatic rings. The molecule has 0 atom stereocenters. The molecule has 9 heteroatoms. The van der Waals surface area contributed by atoms with Crippen LogP contribution in [0.5, 0.6) is 11.5 Å². The van der Waals surface area contributed by atoms with E-state index in [1.165, 1.54) is 16.8 Å². The standard InChI is InChI=1S/C21H21N5O4/c1-3-4-15-11-20(28)24-21(22-15)26-18(9-13(2)25-26)23-19(27)8-6-14-5-7-16-17(10-14)30-12-29-16/h5-11H,3-4,12H2,1-2H3,(H,23,27)(H,22,24,28). The number of amides is 1. The van der Waals surface area contributed by atoms with Crippen LogP contribution in [0.2, 0.25) is 0 Å². The first kappa shape index (κ1) is 19.4. The number of rotatable bonds is 6. The molecule has 2 N–H and O–H groups in total. The van der Waals surface area contributed by atoms with Gasteiger partial charge in [-0.3, -0.25) is 14.6 Å². The third-order valence-electron chi connectivity index (χ3n) is 4.40. The Balaban J connectivity index is 1.54. The minimum atomic E-state index is -0.346. The van der Waals surface area contributed by atoms with Crippen LogP contribution in [0.25, 0.3) is 12.0 Å². The lowest BCUT2D eigenvalue weighted by Gasteiger charge is -2.08. The predicted molar refractivity (Wildman–Crippen MR) is 111 cm³/mol. The van der Waals surface area contributed by atoms with Gasteiger partial charge in [0.25, 0.3) is 5.56 Å². The molecule has 0 saturated carbocycles. The predicted octanol–water partition coefficient (Wildman–Crippen LogP) is 2.60. The van der Waals surface area contributed by atoms with Gasteiger partial charge in [-0.25, -0.2) is 4.98 Å². The molecule has 30 heavy (non-hydrogen) atoms. The number of anilines is 1. The number of H-pyrrole nitrogens is 1. The molecule has 9 nitrogen and oxygen atoms in total. The molecular weight excluding hydrogens is 386 g/mol. The van der Waals surface area contributed by atoms with Crippen molar-refractivity contribution in [2.24, 2.45) is 0 Å². The van der Waals surface area contributed by atoms with E-state index in [0.717, 1.165) is 12.0 Å². The van der Waals surface area contributed by atoms with Gasteiger partial charge in [0, 0.05) is 23.9 Å². The first-order chi connectivity index (χ1) is 14.5. The summed E-state index contributed by atoms with van der Waals surface area (Å²) < 4.78 is 12.0. The summed E-state index contributed by atoms with van der Waals surface area (Å²) in [4.78, 5) is 31.6. The number of benzene rings is 1. The summed E-state index contributed by atoms with van der Waals surface area (Å²) in [5, 5.41) is 7.13. The van der Waals surface area contributed by atoms with Crippen LogP contribution in [-0.4, -0.2) is 32.4 Å². The fourth-order valence-electron chi connectivity index (χ4n) is 3.08. The molecule has 0 spiro atoms.